The summed E-state index contributed by atoms with van der Waals surface area (Å²) in [6.07, 6.45) is 7.51. The molecule has 0 unspecified atom stereocenters. The Labute approximate surface area is 174 Å². The molecule has 7 nitrogen and oxygen atoms in total. The van der Waals surface area contributed by atoms with Crippen LogP contribution in [0.3, 0.4) is 0 Å². The topological polar surface area (TPSA) is 87.7 Å². The summed E-state index contributed by atoms with van der Waals surface area (Å²) in [4.78, 5) is 14.7. The van der Waals surface area contributed by atoms with Gasteiger partial charge in [0, 0.05) is 31.7 Å². The minimum atomic E-state index is -3.34. The maximum absolute atomic E-state index is 12.6. The Morgan fingerprint density at radius 2 is 1.72 bits per heavy atom. The fraction of sp³-hybridized carbons (Fsp3) is 0.667. The van der Waals surface area contributed by atoms with Crippen molar-refractivity contribution in [2.75, 3.05) is 32.5 Å². The van der Waals surface area contributed by atoms with Crippen molar-refractivity contribution >= 4 is 15.9 Å². The molecule has 1 saturated carbocycles. The van der Waals surface area contributed by atoms with Crippen molar-refractivity contribution in [3.8, 4) is 5.75 Å². The first kappa shape index (κ1) is 21.9. The molecule has 2 fully saturated rings. The number of amides is 2. The van der Waals surface area contributed by atoms with Crippen LogP contribution in [0, 0.1) is 0 Å². The van der Waals surface area contributed by atoms with E-state index in [1.165, 1.54) is 26.4 Å². The summed E-state index contributed by atoms with van der Waals surface area (Å²) in [5.41, 5.74) is 0. The van der Waals surface area contributed by atoms with Crippen molar-refractivity contribution < 1.29 is 17.9 Å². The van der Waals surface area contributed by atoms with Gasteiger partial charge in [-0.1, -0.05) is 25.3 Å². The maximum Gasteiger partial charge on any atom is 0.315 e. The van der Waals surface area contributed by atoms with E-state index >= 15 is 0 Å². The molecule has 2 N–H and O–H groups in total. The molecule has 1 saturated heterocycles. The Kier molecular flexibility index (Phi) is 7.77. The molecule has 1 aromatic carbocycles. The van der Waals surface area contributed by atoms with Crippen molar-refractivity contribution in [3.05, 3.63) is 24.3 Å². The summed E-state index contributed by atoms with van der Waals surface area (Å²) in [5.74, 6) is 0.630. The Bertz CT molecular complexity index is 770. The average Bonchev–Trinajstić information content (AvgIpc) is 2.74. The fourth-order valence-corrected chi connectivity index (χ4v) is 5.44. The van der Waals surface area contributed by atoms with Gasteiger partial charge in [-0.05, 0) is 43.9 Å². The van der Waals surface area contributed by atoms with E-state index in [1.807, 2.05) is 0 Å². The molecule has 1 aliphatic carbocycles. The predicted octanol–water partition coefficient (Wildman–Crippen LogP) is 2.57. The maximum atomic E-state index is 12.6. The number of carbonyl (C=O) groups is 1. The lowest BCUT2D eigenvalue weighted by molar-refractivity contribution is 0.196. The normalized spacial score (nSPS) is 19.6. The Morgan fingerprint density at radius 1 is 1.07 bits per heavy atom. The van der Waals surface area contributed by atoms with E-state index in [9.17, 15) is 13.2 Å². The van der Waals surface area contributed by atoms with Gasteiger partial charge in [-0.3, -0.25) is 0 Å². The van der Waals surface area contributed by atoms with Gasteiger partial charge in [0.15, 0.2) is 9.84 Å². The van der Waals surface area contributed by atoms with Gasteiger partial charge in [0.1, 0.15) is 5.75 Å². The van der Waals surface area contributed by atoms with E-state index in [1.54, 1.807) is 24.3 Å². The molecule has 0 aromatic heterocycles. The number of likely N-dealkylation sites (tertiary alicyclic amines) is 1. The number of nitrogens with zero attached hydrogens (tertiary/aromatic N) is 1. The van der Waals surface area contributed by atoms with E-state index in [-0.39, 0.29) is 17.8 Å². The van der Waals surface area contributed by atoms with Crippen molar-refractivity contribution in [2.24, 2.45) is 0 Å². The molecule has 0 atom stereocenters. The number of rotatable bonds is 7. The highest BCUT2D eigenvalue weighted by molar-refractivity contribution is 7.91. The molecule has 162 valence electrons. The first-order chi connectivity index (χ1) is 14.0. The molecule has 0 radical (unpaired) electrons. The second-order valence-corrected chi connectivity index (χ2v) is 10.2. The summed E-state index contributed by atoms with van der Waals surface area (Å²) in [7, 11) is -1.82. The zero-order valence-electron chi connectivity index (χ0n) is 17.2. The quantitative estimate of drug-likeness (QED) is 0.704. The second-order valence-electron chi connectivity index (χ2n) is 8.07. The predicted molar refractivity (Wildman–Crippen MR) is 113 cm³/mol. The van der Waals surface area contributed by atoms with Crippen LogP contribution < -0.4 is 15.4 Å². The first-order valence-corrected chi connectivity index (χ1v) is 12.3. The summed E-state index contributed by atoms with van der Waals surface area (Å²) < 4.78 is 30.3. The monoisotopic (exact) mass is 423 g/mol. The highest BCUT2D eigenvalue weighted by Crippen LogP contribution is 2.19. The van der Waals surface area contributed by atoms with Crippen LogP contribution in [-0.2, 0) is 9.84 Å². The third-order valence-electron chi connectivity index (χ3n) is 5.94. The molecular formula is C21H33N3O4S. The number of urea groups is 1. The van der Waals surface area contributed by atoms with Crippen LogP contribution in [0.2, 0.25) is 0 Å². The fourth-order valence-electron chi connectivity index (χ4n) is 4.12. The molecule has 3 rings (SSSR count). The number of hydrogen-bond acceptors (Lipinski definition) is 5. The summed E-state index contributed by atoms with van der Waals surface area (Å²) >= 11 is 0. The number of carbonyl (C=O) groups excluding carboxylic acids is 1. The molecule has 1 aliphatic heterocycles. The van der Waals surface area contributed by atoms with E-state index in [2.05, 4.69) is 15.5 Å². The van der Waals surface area contributed by atoms with E-state index in [0.29, 0.717) is 23.2 Å². The zero-order chi connectivity index (χ0) is 20.7. The molecule has 1 heterocycles. The molecule has 2 amide bonds. The first-order valence-electron chi connectivity index (χ1n) is 10.6. The minimum Gasteiger partial charge on any atom is -0.497 e. The molecule has 1 aromatic rings. The Morgan fingerprint density at radius 3 is 2.38 bits per heavy atom. The van der Waals surface area contributed by atoms with E-state index < -0.39 is 9.84 Å². The van der Waals surface area contributed by atoms with Crippen molar-refractivity contribution in [1.82, 2.24) is 15.5 Å². The van der Waals surface area contributed by atoms with Crippen molar-refractivity contribution in [1.29, 1.82) is 0 Å². The van der Waals surface area contributed by atoms with Crippen molar-refractivity contribution in [2.45, 2.75) is 61.9 Å². The van der Waals surface area contributed by atoms with Crippen LogP contribution in [0.25, 0.3) is 0 Å². The molecule has 2 aliphatic rings. The van der Waals surface area contributed by atoms with Gasteiger partial charge in [0.2, 0.25) is 0 Å². The molecule has 0 bridgehead atoms. The van der Waals surface area contributed by atoms with E-state index in [0.717, 1.165) is 38.8 Å². The van der Waals surface area contributed by atoms with Gasteiger partial charge in [-0.25, -0.2) is 13.2 Å². The van der Waals surface area contributed by atoms with Crippen LogP contribution in [0.1, 0.15) is 44.9 Å². The van der Waals surface area contributed by atoms with Gasteiger partial charge in [0.25, 0.3) is 0 Å². The largest absolute Gasteiger partial charge is 0.497 e. The Balaban J connectivity index is 1.39. The number of nitrogens with one attached hydrogen (secondary N) is 2. The van der Waals surface area contributed by atoms with Crippen LogP contribution in [0.15, 0.2) is 29.2 Å². The molecular weight excluding hydrogens is 390 g/mol. The van der Waals surface area contributed by atoms with Crippen LogP contribution >= 0.6 is 0 Å². The lowest BCUT2D eigenvalue weighted by Gasteiger charge is -2.33. The van der Waals surface area contributed by atoms with Crippen molar-refractivity contribution in [3.63, 3.8) is 0 Å². The third-order valence-corrected chi connectivity index (χ3v) is 7.63. The molecule has 8 heteroatoms. The number of ether oxygens (including phenoxy) is 1. The highest BCUT2D eigenvalue weighted by Gasteiger charge is 2.24. The second kappa shape index (κ2) is 10.3. The van der Waals surface area contributed by atoms with Crippen LogP contribution in [-0.4, -0.2) is 63.9 Å². The highest BCUT2D eigenvalue weighted by atomic mass is 32.2. The number of methoxy groups -OCH3 is 1. The lowest BCUT2D eigenvalue weighted by atomic mass is 9.96. The van der Waals surface area contributed by atoms with Crippen LogP contribution in [0.4, 0.5) is 4.79 Å². The summed E-state index contributed by atoms with van der Waals surface area (Å²) in [6.45, 7) is 2.09. The number of benzene rings is 1. The third kappa shape index (κ3) is 6.60. The number of piperidine rings is 1. The van der Waals surface area contributed by atoms with Gasteiger partial charge >= 0.3 is 6.03 Å². The average molecular weight is 424 g/mol. The van der Waals surface area contributed by atoms with Crippen LogP contribution in [0.5, 0.6) is 5.75 Å². The Hall–Kier alpha value is -1.80. The van der Waals surface area contributed by atoms with Gasteiger partial charge in [-0.15, -0.1) is 0 Å². The smallest absolute Gasteiger partial charge is 0.315 e. The lowest BCUT2D eigenvalue weighted by Crippen LogP contribution is -2.50. The summed E-state index contributed by atoms with van der Waals surface area (Å²) in [6, 6.07) is 7.02. The van der Waals surface area contributed by atoms with Gasteiger partial charge in [-0.2, -0.15) is 0 Å². The van der Waals surface area contributed by atoms with E-state index in [4.69, 9.17) is 4.74 Å². The van der Waals surface area contributed by atoms with Gasteiger partial charge < -0.3 is 20.3 Å². The SMILES string of the molecule is COc1cccc(S(=O)(=O)CCN2CCC(NC(=O)NC3CCCCC3)CC2)c1. The number of sulfone groups is 1. The van der Waals surface area contributed by atoms with Gasteiger partial charge in [0.05, 0.1) is 17.8 Å². The minimum absolute atomic E-state index is 0.0593. The summed E-state index contributed by atoms with van der Waals surface area (Å²) in [5, 5.41) is 6.19. The standard InChI is InChI=1S/C21H33N3O4S/c1-28-19-8-5-9-20(16-19)29(26,27)15-14-24-12-10-18(11-13-24)23-21(25)22-17-6-3-2-4-7-17/h5,8-9,16-18H,2-4,6-7,10-15H2,1H3,(H2,22,23,25). The zero-order valence-corrected chi connectivity index (χ0v) is 18.0. The molecule has 29 heavy (non-hydrogen) atoms. The number of hydrogen-bond donors (Lipinski definition) is 2. The molecule has 0 spiro atoms.